The minimum absolute atomic E-state index is 0.0331. The lowest BCUT2D eigenvalue weighted by Crippen LogP contribution is -2.30. The van der Waals surface area contributed by atoms with E-state index in [2.05, 4.69) is 0 Å². The Kier molecular flexibility index (Phi) is 14.4. The van der Waals surface area contributed by atoms with Gasteiger partial charge in [0.15, 0.2) is 29.0 Å². The number of nitrogens with zero attached hydrogens (tertiary/aromatic N) is 2. The van der Waals surface area contributed by atoms with E-state index in [1.165, 1.54) is 30.0 Å². The number of rotatable bonds is 20. The Hall–Kier alpha value is -4.44. The molecule has 2 heterocycles. The highest BCUT2D eigenvalue weighted by atomic mass is 32.2. The van der Waals surface area contributed by atoms with E-state index in [1.54, 1.807) is 36.7 Å². The molecule has 1 unspecified atom stereocenters. The molecular weight excluding hydrogens is 767 g/mol. The number of fused-ring (bicyclic) bond motifs is 2. The van der Waals surface area contributed by atoms with Gasteiger partial charge in [-0.1, -0.05) is 31.1 Å². The third kappa shape index (κ3) is 9.92. The number of carbonyl (C=O) groups is 2. The third-order valence-electron chi connectivity index (χ3n) is 10.4. The SMILES string of the molecule is CC1(C)C(C=CC=CC=C2N(CCCCCC(=O)O)c3c(F)c(F)c(F)c(F)c3C2(C)CCCCS(=O)(=O)O)=[N+](CCCCCC(=O)[O-])c2cc(F)cc(F)c21. The summed E-state index contributed by atoms with van der Waals surface area (Å²) < 4.78 is 124. The van der Waals surface area contributed by atoms with Gasteiger partial charge in [-0.3, -0.25) is 9.35 Å². The molecular formula is C40H46F6N2O7S. The lowest BCUT2D eigenvalue weighted by atomic mass is 9.76. The van der Waals surface area contributed by atoms with Crippen molar-refractivity contribution in [1.82, 2.24) is 0 Å². The number of allylic oxidation sites excluding steroid dienone is 6. The highest BCUT2D eigenvalue weighted by Gasteiger charge is 2.49. The van der Waals surface area contributed by atoms with Gasteiger partial charge in [-0.05, 0) is 71.8 Å². The summed E-state index contributed by atoms with van der Waals surface area (Å²) in [6.07, 6.45) is 9.83. The maximum absolute atomic E-state index is 15.7. The van der Waals surface area contributed by atoms with Crippen molar-refractivity contribution < 1.29 is 63.7 Å². The van der Waals surface area contributed by atoms with Gasteiger partial charge in [-0.15, -0.1) is 0 Å². The van der Waals surface area contributed by atoms with Gasteiger partial charge in [0.2, 0.25) is 5.69 Å². The Bertz CT molecular complexity index is 2080. The zero-order chi connectivity index (χ0) is 41.6. The molecule has 0 radical (unpaired) electrons. The van der Waals surface area contributed by atoms with Crippen LogP contribution >= 0.6 is 0 Å². The Labute approximate surface area is 322 Å². The van der Waals surface area contributed by atoms with Crippen LogP contribution in [0.5, 0.6) is 0 Å². The van der Waals surface area contributed by atoms with Crippen molar-refractivity contribution in [1.29, 1.82) is 0 Å². The molecule has 2 aromatic rings. The highest BCUT2D eigenvalue weighted by Crippen LogP contribution is 2.54. The van der Waals surface area contributed by atoms with Crippen LogP contribution in [0.1, 0.15) is 103 Å². The maximum atomic E-state index is 15.7. The Morgan fingerprint density at radius 2 is 1.48 bits per heavy atom. The van der Waals surface area contributed by atoms with Crippen molar-refractivity contribution in [2.75, 3.05) is 23.7 Å². The first-order chi connectivity index (χ1) is 26.2. The third-order valence-corrected chi connectivity index (χ3v) is 11.2. The molecule has 4 rings (SSSR count). The fraction of sp³-hybridized carbons (Fsp3) is 0.475. The summed E-state index contributed by atoms with van der Waals surface area (Å²) >= 11 is 0. The van der Waals surface area contributed by atoms with E-state index in [1.807, 2.05) is 0 Å². The van der Waals surface area contributed by atoms with Gasteiger partial charge in [0.05, 0.1) is 22.4 Å². The average Bonchev–Trinajstić information content (AvgIpc) is 3.46. The number of carboxylic acid groups (broad SMARTS) is 2. The van der Waals surface area contributed by atoms with Crippen LogP contribution in [0.4, 0.5) is 37.7 Å². The molecule has 56 heavy (non-hydrogen) atoms. The molecule has 0 saturated heterocycles. The van der Waals surface area contributed by atoms with Crippen LogP contribution in [-0.4, -0.2) is 59.1 Å². The van der Waals surface area contributed by atoms with Gasteiger partial charge >= 0.3 is 5.97 Å². The predicted molar refractivity (Wildman–Crippen MR) is 196 cm³/mol. The highest BCUT2D eigenvalue weighted by molar-refractivity contribution is 7.85. The second-order valence-electron chi connectivity index (χ2n) is 14.8. The van der Waals surface area contributed by atoms with Crippen molar-refractivity contribution in [3.63, 3.8) is 0 Å². The van der Waals surface area contributed by atoms with Crippen LogP contribution in [0.15, 0.2) is 48.2 Å². The Morgan fingerprint density at radius 1 is 0.821 bits per heavy atom. The number of benzene rings is 2. The number of carboxylic acids is 2. The summed E-state index contributed by atoms with van der Waals surface area (Å²) in [6.45, 7) is 5.32. The van der Waals surface area contributed by atoms with Gasteiger partial charge in [0, 0.05) is 60.2 Å². The van der Waals surface area contributed by atoms with Crippen LogP contribution in [0.3, 0.4) is 0 Å². The molecule has 0 saturated carbocycles. The van der Waals surface area contributed by atoms with E-state index in [-0.39, 0.29) is 62.8 Å². The second kappa shape index (κ2) is 18.2. The van der Waals surface area contributed by atoms with Crippen LogP contribution < -0.4 is 10.0 Å². The van der Waals surface area contributed by atoms with Crippen molar-refractivity contribution in [3.05, 3.63) is 94.2 Å². The largest absolute Gasteiger partial charge is 0.550 e. The minimum atomic E-state index is -4.35. The summed E-state index contributed by atoms with van der Waals surface area (Å²) in [5.74, 6) is -11.6. The molecule has 0 fully saturated rings. The number of carbonyl (C=O) groups excluding carboxylic acids is 1. The standard InChI is InChI=1S/C40H46F6N2O7S/c1-39(2)28(47(20-12-5-9-17-30(49)50)27-24-25(41)23-26(42)32(27)39)15-7-4-8-16-29-40(3,19-11-14-22-56(53,54)55)33-34(43)35(44)36(45)37(46)38(33)48(29)21-13-6-10-18-31(51)52/h4,7-8,15-16,23-24H,5-6,9-14,17-22H2,1-3H3,(H2-,49,50,51,52,53,54,55). The van der Waals surface area contributed by atoms with Crippen LogP contribution in [0.25, 0.3) is 0 Å². The molecule has 16 heteroatoms. The molecule has 2 aromatic carbocycles. The molecule has 0 amide bonds. The maximum Gasteiger partial charge on any atom is 0.303 e. The van der Waals surface area contributed by atoms with Gasteiger partial charge in [-0.2, -0.15) is 13.0 Å². The monoisotopic (exact) mass is 812 g/mol. The van der Waals surface area contributed by atoms with Crippen molar-refractivity contribution in [2.45, 2.75) is 102 Å². The Balaban J connectivity index is 1.75. The summed E-state index contributed by atoms with van der Waals surface area (Å²) in [5, 5.41) is 19.9. The molecule has 1 atom stereocenters. The molecule has 0 bridgehead atoms. The van der Waals surface area contributed by atoms with Crippen LogP contribution in [0.2, 0.25) is 0 Å². The van der Waals surface area contributed by atoms with Crippen molar-refractivity contribution in [3.8, 4) is 0 Å². The van der Waals surface area contributed by atoms with E-state index in [0.717, 1.165) is 6.07 Å². The smallest absolute Gasteiger partial charge is 0.303 e. The predicted octanol–water partition coefficient (Wildman–Crippen LogP) is 7.69. The van der Waals surface area contributed by atoms with E-state index in [0.29, 0.717) is 43.6 Å². The fourth-order valence-electron chi connectivity index (χ4n) is 7.77. The topological polar surface area (TPSA) is 138 Å². The lowest BCUT2D eigenvalue weighted by molar-refractivity contribution is -0.438. The first-order valence-electron chi connectivity index (χ1n) is 18.4. The minimum Gasteiger partial charge on any atom is -0.550 e. The van der Waals surface area contributed by atoms with E-state index in [4.69, 9.17) is 5.11 Å². The number of unbranched alkanes of at least 4 members (excludes halogenated alkanes) is 5. The quantitative estimate of drug-likeness (QED) is 0.0264. The molecule has 0 aliphatic carbocycles. The normalized spacial score (nSPS) is 18.5. The molecule has 9 nitrogen and oxygen atoms in total. The number of aliphatic carboxylic acids is 2. The van der Waals surface area contributed by atoms with E-state index >= 15 is 13.2 Å². The summed E-state index contributed by atoms with van der Waals surface area (Å²) in [5.41, 5.74) is -2.03. The number of halogens is 6. The van der Waals surface area contributed by atoms with Crippen LogP contribution in [0, 0.1) is 34.9 Å². The average molecular weight is 813 g/mol. The van der Waals surface area contributed by atoms with Crippen molar-refractivity contribution >= 4 is 39.1 Å². The van der Waals surface area contributed by atoms with E-state index in [9.17, 15) is 40.8 Å². The molecule has 0 aromatic heterocycles. The zero-order valence-corrected chi connectivity index (χ0v) is 32.3. The number of hydrogen-bond acceptors (Lipinski definition) is 6. The van der Waals surface area contributed by atoms with Gasteiger partial charge in [0.1, 0.15) is 18.2 Å². The van der Waals surface area contributed by atoms with Gasteiger partial charge in [-0.25, -0.2) is 26.3 Å². The summed E-state index contributed by atoms with van der Waals surface area (Å²) in [4.78, 5) is 23.2. The van der Waals surface area contributed by atoms with Gasteiger partial charge < -0.3 is 19.9 Å². The first-order valence-corrected chi connectivity index (χ1v) is 20.0. The van der Waals surface area contributed by atoms with E-state index < -0.39 is 84.8 Å². The van der Waals surface area contributed by atoms with Crippen LogP contribution in [-0.2, 0) is 30.5 Å². The molecule has 306 valence electrons. The number of anilines is 1. The molecule has 2 aliphatic rings. The second-order valence-corrected chi connectivity index (χ2v) is 16.4. The lowest BCUT2D eigenvalue weighted by Gasteiger charge is -2.30. The first kappa shape index (κ1) is 44.3. The summed E-state index contributed by atoms with van der Waals surface area (Å²) in [6, 6.07) is 2.04. The fourth-order valence-corrected chi connectivity index (χ4v) is 8.34. The Morgan fingerprint density at radius 3 is 2.14 bits per heavy atom. The number of hydrogen-bond donors (Lipinski definition) is 2. The van der Waals surface area contributed by atoms with Crippen molar-refractivity contribution in [2.24, 2.45) is 0 Å². The zero-order valence-electron chi connectivity index (χ0n) is 31.4. The molecule has 0 spiro atoms. The molecule has 2 aliphatic heterocycles. The summed E-state index contributed by atoms with van der Waals surface area (Å²) in [7, 11) is -4.35. The molecule has 2 N–H and O–H groups in total. The van der Waals surface area contributed by atoms with Gasteiger partial charge in [0.25, 0.3) is 10.1 Å².